The summed E-state index contributed by atoms with van der Waals surface area (Å²) in [6.45, 7) is 1.67. The lowest BCUT2D eigenvalue weighted by Gasteiger charge is -2.01. The van der Waals surface area contributed by atoms with Crippen molar-refractivity contribution in [3.8, 4) is 6.07 Å². The third-order valence-corrected chi connectivity index (χ3v) is 1.97. The number of aryl methyl sites for hydroxylation is 1. The smallest absolute Gasteiger partial charge is 0.270 e. The molecule has 0 heterocycles. The summed E-state index contributed by atoms with van der Waals surface area (Å²) in [7, 11) is 0. The quantitative estimate of drug-likeness (QED) is 0.428. The van der Waals surface area contributed by atoms with Crippen LogP contribution in [-0.4, -0.2) is 10.7 Å². The SMILES string of the molecule is Cc1ccc([N+](=O)[O-])cc1C(=O)CC#N. The highest BCUT2D eigenvalue weighted by Crippen LogP contribution is 2.18. The Bertz CT molecular complexity index is 460. The molecule has 0 radical (unpaired) electrons. The van der Waals surface area contributed by atoms with Gasteiger partial charge in [0.2, 0.25) is 0 Å². The molecule has 0 spiro atoms. The van der Waals surface area contributed by atoms with Gasteiger partial charge in [-0.2, -0.15) is 5.26 Å². The normalized spacial score (nSPS) is 9.33. The molecule has 5 heteroatoms. The van der Waals surface area contributed by atoms with E-state index in [-0.39, 0.29) is 17.7 Å². The summed E-state index contributed by atoms with van der Waals surface area (Å²) in [5, 5.41) is 18.8. The number of nitro groups is 1. The molecular formula is C10H8N2O3. The van der Waals surface area contributed by atoms with Crippen molar-refractivity contribution in [2.75, 3.05) is 0 Å². The van der Waals surface area contributed by atoms with Gasteiger partial charge in [-0.15, -0.1) is 0 Å². The third-order valence-electron chi connectivity index (χ3n) is 1.97. The summed E-state index contributed by atoms with van der Waals surface area (Å²) < 4.78 is 0. The van der Waals surface area contributed by atoms with Crippen molar-refractivity contribution in [2.45, 2.75) is 13.3 Å². The van der Waals surface area contributed by atoms with E-state index in [2.05, 4.69) is 0 Å². The lowest BCUT2D eigenvalue weighted by Crippen LogP contribution is -2.01. The molecule has 0 saturated heterocycles. The second kappa shape index (κ2) is 4.33. The Morgan fingerprint density at radius 1 is 1.60 bits per heavy atom. The van der Waals surface area contributed by atoms with E-state index >= 15 is 0 Å². The standard InChI is InChI=1S/C10H8N2O3/c1-7-2-3-8(12(14)15)6-9(7)10(13)4-5-11/h2-3,6H,4H2,1H3. The number of carbonyl (C=O) groups is 1. The van der Waals surface area contributed by atoms with Gasteiger partial charge < -0.3 is 0 Å². The fraction of sp³-hybridized carbons (Fsp3) is 0.200. The van der Waals surface area contributed by atoms with E-state index in [1.807, 2.05) is 0 Å². The Kier molecular flexibility index (Phi) is 3.13. The van der Waals surface area contributed by atoms with Gasteiger partial charge in [0.05, 0.1) is 17.4 Å². The van der Waals surface area contributed by atoms with Gasteiger partial charge in [0, 0.05) is 17.7 Å². The second-order valence-corrected chi connectivity index (χ2v) is 3.01. The zero-order valence-corrected chi connectivity index (χ0v) is 8.06. The Labute approximate surface area is 86.1 Å². The fourth-order valence-corrected chi connectivity index (χ4v) is 1.19. The summed E-state index contributed by atoms with van der Waals surface area (Å²) in [6.07, 6.45) is -0.262. The van der Waals surface area contributed by atoms with Gasteiger partial charge in [-0.25, -0.2) is 0 Å². The van der Waals surface area contributed by atoms with E-state index in [0.717, 1.165) is 0 Å². The van der Waals surface area contributed by atoms with Crippen LogP contribution < -0.4 is 0 Å². The van der Waals surface area contributed by atoms with Crippen LogP contribution in [0.3, 0.4) is 0 Å². The van der Waals surface area contributed by atoms with Crippen LogP contribution in [0.2, 0.25) is 0 Å². The van der Waals surface area contributed by atoms with Crippen LogP contribution in [0.4, 0.5) is 5.69 Å². The van der Waals surface area contributed by atoms with Crippen LogP contribution >= 0.6 is 0 Å². The van der Waals surface area contributed by atoms with Gasteiger partial charge in [-0.05, 0) is 12.5 Å². The highest BCUT2D eigenvalue weighted by atomic mass is 16.6. The number of carbonyl (C=O) groups excluding carboxylic acids is 1. The zero-order chi connectivity index (χ0) is 11.4. The molecule has 0 aliphatic rings. The number of nitriles is 1. The van der Waals surface area contributed by atoms with Crippen molar-refractivity contribution in [3.63, 3.8) is 0 Å². The van der Waals surface area contributed by atoms with E-state index < -0.39 is 10.7 Å². The van der Waals surface area contributed by atoms with Crippen molar-refractivity contribution in [2.24, 2.45) is 0 Å². The second-order valence-electron chi connectivity index (χ2n) is 3.01. The van der Waals surface area contributed by atoms with Gasteiger partial charge in [0.1, 0.15) is 0 Å². The average molecular weight is 204 g/mol. The highest BCUT2D eigenvalue weighted by Gasteiger charge is 2.13. The van der Waals surface area contributed by atoms with Crippen molar-refractivity contribution < 1.29 is 9.72 Å². The predicted molar refractivity (Wildman–Crippen MR) is 52.4 cm³/mol. The van der Waals surface area contributed by atoms with Crippen LogP contribution in [0.25, 0.3) is 0 Å². The maximum absolute atomic E-state index is 11.4. The molecule has 0 saturated carbocycles. The molecule has 0 N–H and O–H groups in total. The average Bonchev–Trinajstić information content (AvgIpc) is 2.18. The largest absolute Gasteiger partial charge is 0.293 e. The lowest BCUT2D eigenvalue weighted by molar-refractivity contribution is -0.384. The molecule has 0 aliphatic heterocycles. The summed E-state index contributed by atoms with van der Waals surface area (Å²) in [4.78, 5) is 21.3. The summed E-state index contributed by atoms with van der Waals surface area (Å²) in [5.74, 6) is -0.390. The van der Waals surface area contributed by atoms with Crippen LogP contribution in [-0.2, 0) is 0 Å². The summed E-state index contributed by atoms with van der Waals surface area (Å²) >= 11 is 0. The maximum Gasteiger partial charge on any atom is 0.270 e. The van der Waals surface area contributed by atoms with Crippen molar-refractivity contribution in [3.05, 3.63) is 39.4 Å². The Balaban J connectivity index is 3.17. The third kappa shape index (κ3) is 2.38. The molecule has 1 rings (SSSR count). The molecule has 1 aromatic carbocycles. The molecular weight excluding hydrogens is 196 g/mol. The first-order valence-electron chi connectivity index (χ1n) is 4.21. The minimum atomic E-state index is -0.567. The number of nitrogens with zero attached hydrogens (tertiary/aromatic N) is 2. The van der Waals surface area contributed by atoms with E-state index in [1.54, 1.807) is 13.0 Å². The number of ketones is 1. The number of rotatable bonds is 3. The molecule has 5 nitrogen and oxygen atoms in total. The Hall–Kier alpha value is -2.22. The molecule has 0 aromatic heterocycles. The lowest BCUT2D eigenvalue weighted by atomic mass is 10.0. The Morgan fingerprint density at radius 3 is 2.80 bits per heavy atom. The first kappa shape index (κ1) is 10.9. The van der Waals surface area contributed by atoms with Crippen molar-refractivity contribution >= 4 is 11.5 Å². The first-order chi connectivity index (χ1) is 7.06. The monoisotopic (exact) mass is 204 g/mol. The molecule has 1 aromatic rings. The van der Waals surface area contributed by atoms with Gasteiger partial charge >= 0.3 is 0 Å². The molecule has 0 aliphatic carbocycles. The molecule has 0 fully saturated rings. The van der Waals surface area contributed by atoms with E-state index in [4.69, 9.17) is 5.26 Å². The number of nitro benzene ring substituents is 1. The molecule has 0 unspecified atom stereocenters. The minimum absolute atomic E-state index is 0.137. The summed E-state index contributed by atoms with van der Waals surface area (Å²) in [5.41, 5.74) is 0.744. The van der Waals surface area contributed by atoms with Crippen molar-refractivity contribution in [1.29, 1.82) is 5.26 Å². The highest BCUT2D eigenvalue weighted by molar-refractivity contribution is 5.99. The van der Waals surface area contributed by atoms with E-state index in [9.17, 15) is 14.9 Å². The van der Waals surface area contributed by atoms with Crippen LogP contribution in [0.5, 0.6) is 0 Å². The van der Waals surface area contributed by atoms with E-state index in [0.29, 0.717) is 5.56 Å². The van der Waals surface area contributed by atoms with Gasteiger partial charge in [0.25, 0.3) is 5.69 Å². The molecule has 15 heavy (non-hydrogen) atoms. The minimum Gasteiger partial charge on any atom is -0.293 e. The molecule has 76 valence electrons. The number of hydrogen-bond acceptors (Lipinski definition) is 4. The van der Waals surface area contributed by atoms with E-state index in [1.165, 1.54) is 18.2 Å². The Morgan fingerprint density at radius 2 is 2.27 bits per heavy atom. The topological polar surface area (TPSA) is 84.0 Å². The van der Waals surface area contributed by atoms with Crippen LogP contribution in [0, 0.1) is 28.4 Å². The van der Waals surface area contributed by atoms with Gasteiger partial charge in [-0.3, -0.25) is 14.9 Å². The van der Waals surface area contributed by atoms with Gasteiger partial charge in [-0.1, -0.05) is 6.07 Å². The zero-order valence-electron chi connectivity index (χ0n) is 8.06. The van der Waals surface area contributed by atoms with Crippen LogP contribution in [0.1, 0.15) is 22.3 Å². The number of hydrogen-bond donors (Lipinski definition) is 0. The van der Waals surface area contributed by atoms with Crippen LogP contribution in [0.15, 0.2) is 18.2 Å². The van der Waals surface area contributed by atoms with Gasteiger partial charge in [0.15, 0.2) is 5.78 Å². The number of non-ortho nitro benzene ring substituents is 1. The maximum atomic E-state index is 11.4. The number of benzene rings is 1. The summed E-state index contributed by atoms with van der Waals surface area (Å²) in [6, 6.07) is 5.76. The molecule has 0 atom stereocenters. The van der Waals surface area contributed by atoms with Crippen molar-refractivity contribution in [1.82, 2.24) is 0 Å². The molecule has 0 amide bonds. The predicted octanol–water partition coefficient (Wildman–Crippen LogP) is 2.00. The fourth-order valence-electron chi connectivity index (χ4n) is 1.19. The first-order valence-corrected chi connectivity index (χ1v) is 4.21. The number of Topliss-reactive ketones (excluding diaryl/α,β-unsaturated/α-hetero) is 1. The molecule has 0 bridgehead atoms.